The van der Waals surface area contributed by atoms with Crippen molar-refractivity contribution in [3.05, 3.63) is 46.2 Å². The molecule has 0 spiro atoms. The van der Waals surface area contributed by atoms with E-state index in [0.29, 0.717) is 12.5 Å². The summed E-state index contributed by atoms with van der Waals surface area (Å²) in [5, 5.41) is 4.53. The van der Waals surface area contributed by atoms with Crippen molar-refractivity contribution >= 4 is 15.9 Å². The van der Waals surface area contributed by atoms with Gasteiger partial charge in [0.1, 0.15) is 5.75 Å². The van der Waals surface area contributed by atoms with E-state index in [1.807, 2.05) is 35.1 Å². The monoisotopic (exact) mass is 337 g/mol. The number of nitrogens with two attached hydrogens (primary N) is 1. The number of benzene rings is 1. The van der Waals surface area contributed by atoms with Crippen molar-refractivity contribution in [1.82, 2.24) is 9.78 Å². The van der Waals surface area contributed by atoms with Gasteiger partial charge < -0.3 is 10.5 Å². The minimum atomic E-state index is -0.131. The lowest BCUT2D eigenvalue weighted by atomic mass is 10.0. The highest BCUT2D eigenvalue weighted by molar-refractivity contribution is 9.10. The van der Waals surface area contributed by atoms with Gasteiger partial charge in [-0.3, -0.25) is 4.68 Å². The zero-order chi connectivity index (χ0) is 14.7. The number of halogens is 1. The Labute approximate surface area is 128 Å². The summed E-state index contributed by atoms with van der Waals surface area (Å²) in [6, 6.07) is 8.15. The predicted octanol–water partition coefficient (Wildman–Crippen LogP) is 3.48. The van der Waals surface area contributed by atoms with Crippen LogP contribution in [0.25, 0.3) is 0 Å². The van der Waals surface area contributed by atoms with Crippen LogP contribution >= 0.6 is 15.9 Å². The first-order valence-electron chi connectivity index (χ1n) is 6.64. The van der Waals surface area contributed by atoms with E-state index in [1.54, 1.807) is 7.11 Å². The van der Waals surface area contributed by atoms with Gasteiger partial charge in [-0.05, 0) is 32.0 Å². The molecule has 2 N–H and O–H groups in total. The van der Waals surface area contributed by atoms with Crippen molar-refractivity contribution in [2.45, 2.75) is 32.4 Å². The lowest BCUT2D eigenvalue weighted by molar-refractivity contribution is 0.405. The SMILES string of the molecule is COc1cc(Br)ccc1C(N)Cc1ccn(C(C)C)n1. The first kappa shape index (κ1) is 15.1. The second kappa shape index (κ2) is 6.41. The molecule has 1 heterocycles. The summed E-state index contributed by atoms with van der Waals surface area (Å²) in [4.78, 5) is 0. The number of aromatic nitrogens is 2. The zero-order valence-corrected chi connectivity index (χ0v) is 13.6. The topological polar surface area (TPSA) is 53.1 Å². The van der Waals surface area contributed by atoms with Crippen LogP contribution < -0.4 is 10.5 Å². The standard InChI is InChI=1S/C15H20BrN3O/c1-10(2)19-7-6-12(18-19)9-14(17)13-5-4-11(16)8-15(13)20-3/h4-8,10,14H,9,17H2,1-3H3. The van der Waals surface area contributed by atoms with Crippen molar-refractivity contribution in [3.8, 4) is 5.75 Å². The average molecular weight is 338 g/mol. The molecular weight excluding hydrogens is 318 g/mol. The third-order valence-corrected chi connectivity index (χ3v) is 3.71. The molecule has 0 fully saturated rings. The average Bonchev–Trinajstić information content (AvgIpc) is 2.87. The molecule has 1 unspecified atom stereocenters. The molecule has 0 radical (unpaired) electrons. The van der Waals surface area contributed by atoms with Crippen molar-refractivity contribution in [3.63, 3.8) is 0 Å². The van der Waals surface area contributed by atoms with Gasteiger partial charge in [0.15, 0.2) is 0 Å². The molecule has 0 amide bonds. The Hall–Kier alpha value is -1.33. The fraction of sp³-hybridized carbons (Fsp3) is 0.400. The smallest absolute Gasteiger partial charge is 0.124 e. The predicted molar refractivity (Wildman–Crippen MR) is 83.9 cm³/mol. The maximum absolute atomic E-state index is 6.29. The van der Waals surface area contributed by atoms with Gasteiger partial charge in [-0.2, -0.15) is 5.10 Å². The van der Waals surface area contributed by atoms with Crippen molar-refractivity contribution in [2.24, 2.45) is 5.73 Å². The van der Waals surface area contributed by atoms with Crippen LogP contribution in [-0.2, 0) is 6.42 Å². The van der Waals surface area contributed by atoms with Crippen molar-refractivity contribution in [1.29, 1.82) is 0 Å². The maximum Gasteiger partial charge on any atom is 0.124 e. The molecule has 0 aliphatic heterocycles. The summed E-state index contributed by atoms with van der Waals surface area (Å²) in [6.45, 7) is 4.21. The van der Waals surface area contributed by atoms with E-state index < -0.39 is 0 Å². The van der Waals surface area contributed by atoms with Gasteiger partial charge in [0, 0.05) is 34.7 Å². The van der Waals surface area contributed by atoms with Crippen molar-refractivity contribution < 1.29 is 4.74 Å². The van der Waals surface area contributed by atoms with Crippen LogP contribution in [0.5, 0.6) is 5.75 Å². The fourth-order valence-electron chi connectivity index (χ4n) is 2.10. The second-order valence-corrected chi connectivity index (χ2v) is 5.99. The van der Waals surface area contributed by atoms with Crippen molar-refractivity contribution in [2.75, 3.05) is 7.11 Å². The second-order valence-electron chi connectivity index (χ2n) is 5.08. The lowest BCUT2D eigenvalue weighted by Gasteiger charge is -2.15. The molecule has 1 aromatic heterocycles. The number of ether oxygens (including phenoxy) is 1. The minimum absolute atomic E-state index is 0.131. The molecule has 1 atom stereocenters. The number of hydrogen-bond donors (Lipinski definition) is 1. The number of rotatable bonds is 5. The van der Waals surface area contributed by atoms with E-state index in [0.717, 1.165) is 21.5 Å². The van der Waals surface area contributed by atoms with Gasteiger partial charge in [-0.1, -0.05) is 22.0 Å². The third kappa shape index (κ3) is 3.41. The zero-order valence-electron chi connectivity index (χ0n) is 12.0. The van der Waals surface area contributed by atoms with Gasteiger partial charge in [-0.15, -0.1) is 0 Å². The normalized spacial score (nSPS) is 12.7. The quantitative estimate of drug-likeness (QED) is 0.908. The van der Waals surface area contributed by atoms with Crippen LogP contribution in [0.2, 0.25) is 0 Å². The highest BCUT2D eigenvalue weighted by Crippen LogP contribution is 2.29. The Kier molecular flexibility index (Phi) is 4.83. The first-order chi connectivity index (χ1) is 9.51. The van der Waals surface area contributed by atoms with Crippen LogP contribution in [0.3, 0.4) is 0 Å². The van der Waals surface area contributed by atoms with Crippen LogP contribution in [0.15, 0.2) is 34.9 Å². The summed E-state index contributed by atoms with van der Waals surface area (Å²) >= 11 is 3.44. The summed E-state index contributed by atoms with van der Waals surface area (Å²) in [5.74, 6) is 0.801. The Morgan fingerprint density at radius 1 is 1.35 bits per heavy atom. The molecule has 2 rings (SSSR count). The molecule has 108 valence electrons. The number of hydrogen-bond acceptors (Lipinski definition) is 3. The molecule has 2 aromatic rings. The van der Waals surface area contributed by atoms with E-state index in [-0.39, 0.29) is 6.04 Å². The summed E-state index contributed by atoms with van der Waals surface area (Å²) in [5.41, 5.74) is 8.29. The molecule has 0 bridgehead atoms. The molecule has 0 aliphatic rings. The van der Waals surface area contributed by atoms with E-state index in [9.17, 15) is 0 Å². The van der Waals surface area contributed by atoms with Crippen LogP contribution in [-0.4, -0.2) is 16.9 Å². The van der Waals surface area contributed by atoms with Gasteiger partial charge in [0.25, 0.3) is 0 Å². The van der Waals surface area contributed by atoms with E-state index in [4.69, 9.17) is 10.5 Å². The van der Waals surface area contributed by atoms with Gasteiger partial charge in [0.2, 0.25) is 0 Å². The van der Waals surface area contributed by atoms with E-state index in [1.165, 1.54) is 0 Å². The van der Waals surface area contributed by atoms with Crippen LogP contribution in [0.1, 0.15) is 37.2 Å². The summed E-state index contributed by atoms with van der Waals surface area (Å²) < 4.78 is 8.32. The Balaban J connectivity index is 2.16. The Morgan fingerprint density at radius 3 is 2.70 bits per heavy atom. The van der Waals surface area contributed by atoms with Gasteiger partial charge in [-0.25, -0.2) is 0 Å². The molecule has 5 heteroatoms. The minimum Gasteiger partial charge on any atom is -0.496 e. The fourth-order valence-corrected chi connectivity index (χ4v) is 2.44. The maximum atomic E-state index is 6.29. The molecular formula is C15H20BrN3O. The number of nitrogens with zero attached hydrogens (tertiary/aromatic N) is 2. The Morgan fingerprint density at radius 2 is 2.10 bits per heavy atom. The highest BCUT2D eigenvalue weighted by atomic mass is 79.9. The highest BCUT2D eigenvalue weighted by Gasteiger charge is 2.14. The largest absolute Gasteiger partial charge is 0.496 e. The van der Waals surface area contributed by atoms with Gasteiger partial charge >= 0.3 is 0 Å². The molecule has 1 aromatic carbocycles. The van der Waals surface area contributed by atoms with E-state index >= 15 is 0 Å². The third-order valence-electron chi connectivity index (χ3n) is 3.22. The summed E-state index contributed by atoms with van der Waals surface area (Å²) in [7, 11) is 1.66. The molecule has 0 saturated heterocycles. The van der Waals surface area contributed by atoms with Crippen LogP contribution in [0, 0.1) is 0 Å². The Bertz CT molecular complexity index is 580. The lowest BCUT2D eigenvalue weighted by Crippen LogP contribution is -2.15. The summed E-state index contributed by atoms with van der Waals surface area (Å²) in [6.07, 6.45) is 2.68. The van der Waals surface area contributed by atoms with Crippen LogP contribution in [0.4, 0.5) is 0 Å². The molecule has 20 heavy (non-hydrogen) atoms. The number of methoxy groups -OCH3 is 1. The molecule has 0 aliphatic carbocycles. The molecule has 4 nitrogen and oxygen atoms in total. The molecule has 0 saturated carbocycles. The van der Waals surface area contributed by atoms with Gasteiger partial charge in [0.05, 0.1) is 12.8 Å². The van der Waals surface area contributed by atoms with E-state index in [2.05, 4.69) is 34.9 Å². The first-order valence-corrected chi connectivity index (χ1v) is 7.43.